The Morgan fingerprint density at radius 2 is 1.96 bits per heavy atom. The molecular formula is C21H24ClN3O2S. The summed E-state index contributed by atoms with van der Waals surface area (Å²) in [5, 5.41) is 4.37. The van der Waals surface area contributed by atoms with Crippen LogP contribution in [0, 0.1) is 18.8 Å². The number of anilines is 1. The van der Waals surface area contributed by atoms with Gasteiger partial charge in [0.05, 0.1) is 0 Å². The molecule has 2 heterocycles. The van der Waals surface area contributed by atoms with Gasteiger partial charge >= 0.3 is 0 Å². The summed E-state index contributed by atoms with van der Waals surface area (Å²) in [6, 6.07) is 6.01. The zero-order valence-corrected chi connectivity index (χ0v) is 17.5. The lowest BCUT2D eigenvalue weighted by Crippen LogP contribution is -2.42. The second-order valence-electron chi connectivity index (χ2n) is 7.72. The zero-order valence-electron chi connectivity index (χ0n) is 15.9. The quantitative estimate of drug-likeness (QED) is 0.789. The van der Waals surface area contributed by atoms with Crippen molar-refractivity contribution in [1.29, 1.82) is 0 Å². The molecule has 1 saturated carbocycles. The Kier molecular flexibility index (Phi) is 5.69. The lowest BCUT2D eigenvalue weighted by atomic mass is 9.95. The van der Waals surface area contributed by atoms with Crippen LogP contribution in [-0.4, -0.2) is 34.8 Å². The highest BCUT2D eigenvalue weighted by Gasteiger charge is 2.36. The number of aromatic nitrogens is 1. The third-order valence-corrected chi connectivity index (χ3v) is 6.98. The number of aryl methyl sites for hydroxylation is 1. The minimum absolute atomic E-state index is 0.00742. The van der Waals surface area contributed by atoms with Gasteiger partial charge < -0.3 is 10.2 Å². The van der Waals surface area contributed by atoms with Crippen LogP contribution in [0.5, 0.6) is 0 Å². The van der Waals surface area contributed by atoms with Gasteiger partial charge in [-0.15, -0.1) is 11.3 Å². The molecule has 0 radical (unpaired) electrons. The highest BCUT2D eigenvalue weighted by molar-refractivity contribution is 7.15. The van der Waals surface area contributed by atoms with Gasteiger partial charge in [-0.1, -0.05) is 29.8 Å². The number of carbonyl (C=O) groups is 2. The minimum Gasteiger partial charge on any atom is -0.342 e. The van der Waals surface area contributed by atoms with Gasteiger partial charge in [-0.05, 0) is 43.7 Å². The molecule has 0 bridgehead atoms. The van der Waals surface area contributed by atoms with Gasteiger partial charge in [0.2, 0.25) is 11.8 Å². The molecule has 5 nitrogen and oxygen atoms in total. The molecule has 148 valence electrons. The van der Waals surface area contributed by atoms with Gasteiger partial charge in [0.15, 0.2) is 5.13 Å². The van der Waals surface area contributed by atoms with Gasteiger partial charge in [0.25, 0.3) is 0 Å². The fourth-order valence-corrected chi connectivity index (χ4v) is 4.67. The molecular weight excluding hydrogens is 394 g/mol. The fourth-order valence-electron chi connectivity index (χ4n) is 3.64. The van der Waals surface area contributed by atoms with Crippen molar-refractivity contribution in [3.05, 3.63) is 45.4 Å². The van der Waals surface area contributed by atoms with Gasteiger partial charge in [-0.3, -0.25) is 9.59 Å². The van der Waals surface area contributed by atoms with Crippen LogP contribution in [0.2, 0.25) is 5.02 Å². The van der Waals surface area contributed by atoms with Crippen LogP contribution in [0.15, 0.2) is 24.4 Å². The van der Waals surface area contributed by atoms with E-state index in [9.17, 15) is 9.59 Å². The van der Waals surface area contributed by atoms with E-state index in [1.165, 1.54) is 11.3 Å². The molecule has 1 saturated heterocycles. The normalized spacial score (nSPS) is 17.6. The van der Waals surface area contributed by atoms with E-state index in [1.807, 2.05) is 30.0 Å². The lowest BCUT2D eigenvalue weighted by Gasteiger charge is -2.31. The number of halogens is 1. The second kappa shape index (κ2) is 8.21. The first-order valence-electron chi connectivity index (χ1n) is 9.79. The van der Waals surface area contributed by atoms with E-state index in [2.05, 4.69) is 10.3 Å². The number of hydrogen-bond donors (Lipinski definition) is 1. The third-order valence-electron chi connectivity index (χ3n) is 5.52. The summed E-state index contributed by atoms with van der Waals surface area (Å²) in [4.78, 5) is 32.1. The van der Waals surface area contributed by atoms with E-state index in [4.69, 9.17) is 11.6 Å². The van der Waals surface area contributed by atoms with Crippen LogP contribution in [0.4, 0.5) is 5.13 Å². The van der Waals surface area contributed by atoms with Crippen molar-refractivity contribution in [2.75, 3.05) is 18.4 Å². The highest BCUT2D eigenvalue weighted by atomic mass is 35.5. The summed E-state index contributed by atoms with van der Waals surface area (Å²) in [6.07, 6.45) is 6.01. The topological polar surface area (TPSA) is 62.3 Å². The van der Waals surface area contributed by atoms with Crippen molar-refractivity contribution >= 4 is 39.9 Å². The Morgan fingerprint density at radius 1 is 1.21 bits per heavy atom. The second-order valence-corrected chi connectivity index (χ2v) is 9.21. The molecule has 2 aromatic rings. The smallest absolute Gasteiger partial charge is 0.229 e. The molecule has 1 aromatic heterocycles. The Hall–Kier alpha value is -1.92. The largest absolute Gasteiger partial charge is 0.342 e. The maximum Gasteiger partial charge on any atom is 0.229 e. The molecule has 2 aliphatic rings. The number of rotatable bonds is 5. The first kappa shape index (κ1) is 19.4. The Labute approximate surface area is 174 Å². The summed E-state index contributed by atoms with van der Waals surface area (Å²) in [6.45, 7) is 3.36. The maximum atomic E-state index is 12.6. The molecule has 2 fully saturated rings. The summed E-state index contributed by atoms with van der Waals surface area (Å²) in [7, 11) is 0. The average Bonchev–Trinajstić information content (AvgIpc) is 3.46. The molecule has 1 aromatic carbocycles. The van der Waals surface area contributed by atoms with Crippen molar-refractivity contribution in [3.8, 4) is 0 Å². The average molecular weight is 418 g/mol. The minimum atomic E-state index is -0.0539. The van der Waals surface area contributed by atoms with Crippen LogP contribution in [0.1, 0.15) is 41.7 Å². The summed E-state index contributed by atoms with van der Waals surface area (Å²) in [5.41, 5.74) is 2.12. The standard InChI is InChI=1S/C21H24ClN3O2S/c1-13-3-2-4-16(18(13)22)11-17-12-23-21(28-17)24-19(26)14-7-9-25(10-8-14)20(27)15-5-6-15/h2-4,12,14-15H,5-11H2,1H3,(H,23,24,26). The van der Waals surface area contributed by atoms with Crippen LogP contribution in [0.3, 0.4) is 0 Å². The molecule has 4 rings (SSSR count). The number of nitrogens with zero attached hydrogens (tertiary/aromatic N) is 2. The van der Waals surface area contributed by atoms with Gasteiger partial charge in [0.1, 0.15) is 0 Å². The van der Waals surface area contributed by atoms with E-state index in [-0.39, 0.29) is 23.7 Å². The number of piperidine rings is 1. The summed E-state index contributed by atoms with van der Waals surface area (Å²) >= 11 is 7.87. The Morgan fingerprint density at radius 3 is 2.68 bits per heavy atom. The van der Waals surface area contributed by atoms with Crippen LogP contribution >= 0.6 is 22.9 Å². The van der Waals surface area contributed by atoms with E-state index < -0.39 is 0 Å². The SMILES string of the molecule is Cc1cccc(Cc2cnc(NC(=O)C3CCN(C(=O)C4CC4)CC3)s2)c1Cl. The maximum absolute atomic E-state index is 12.6. The number of likely N-dealkylation sites (tertiary alicyclic amines) is 1. The van der Waals surface area contributed by atoms with Crippen LogP contribution in [-0.2, 0) is 16.0 Å². The molecule has 0 atom stereocenters. The molecule has 7 heteroatoms. The van der Waals surface area contributed by atoms with Gasteiger partial charge in [0, 0.05) is 47.4 Å². The lowest BCUT2D eigenvalue weighted by molar-refractivity contribution is -0.135. The van der Waals surface area contributed by atoms with E-state index in [0.717, 1.165) is 46.7 Å². The first-order valence-corrected chi connectivity index (χ1v) is 11.0. The Balaban J connectivity index is 1.30. The first-order chi connectivity index (χ1) is 13.5. The predicted octanol–water partition coefficient (Wildman–Crippen LogP) is 4.28. The van der Waals surface area contributed by atoms with Crippen LogP contribution in [0.25, 0.3) is 0 Å². The highest BCUT2D eigenvalue weighted by Crippen LogP contribution is 2.33. The Bertz CT molecular complexity index is 886. The molecule has 2 amide bonds. The van der Waals surface area contributed by atoms with Crippen molar-refractivity contribution < 1.29 is 9.59 Å². The predicted molar refractivity (Wildman–Crippen MR) is 112 cm³/mol. The number of amides is 2. The number of thiazole rings is 1. The third kappa shape index (κ3) is 4.39. The fraction of sp³-hybridized carbons (Fsp3) is 0.476. The molecule has 0 unspecified atom stereocenters. The molecule has 28 heavy (non-hydrogen) atoms. The number of hydrogen-bond acceptors (Lipinski definition) is 4. The zero-order chi connectivity index (χ0) is 19.7. The van der Waals surface area contributed by atoms with Gasteiger partial charge in [-0.25, -0.2) is 4.98 Å². The monoisotopic (exact) mass is 417 g/mol. The molecule has 1 N–H and O–H groups in total. The van der Waals surface area contributed by atoms with E-state index >= 15 is 0 Å². The van der Waals surface area contributed by atoms with Crippen LogP contribution < -0.4 is 5.32 Å². The van der Waals surface area contributed by atoms with Gasteiger partial charge in [-0.2, -0.15) is 0 Å². The van der Waals surface area contributed by atoms with Crippen molar-refractivity contribution in [3.63, 3.8) is 0 Å². The van der Waals surface area contributed by atoms with Crippen molar-refractivity contribution in [1.82, 2.24) is 9.88 Å². The number of carbonyl (C=O) groups excluding carboxylic acids is 2. The molecule has 1 aliphatic carbocycles. The number of nitrogens with one attached hydrogen (secondary N) is 1. The van der Waals surface area contributed by atoms with Crippen molar-refractivity contribution in [2.24, 2.45) is 11.8 Å². The van der Waals surface area contributed by atoms with E-state index in [0.29, 0.717) is 24.6 Å². The van der Waals surface area contributed by atoms with Crippen molar-refractivity contribution in [2.45, 2.75) is 39.0 Å². The van der Waals surface area contributed by atoms with E-state index in [1.54, 1.807) is 6.20 Å². The molecule has 1 aliphatic heterocycles. The summed E-state index contributed by atoms with van der Waals surface area (Å²) < 4.78 is 0. The number of benzene rings is 1. The summed E-state index contributed by atoms with van der Waals surface area (Å²) in [5.74, 6) is 0.481. The molecule has 0 spiro atoms.